The van der Waals surface area contributed by atoms with E-state index in [-0.39, 0.29) is 20.0 Å². The highest BCUT2D eigenvalue weighted by Crippen LogP contribution is 2.22. The summed E-state index contributed by atoms with van der Waals surface area (Å²) in [5.41, 5.74) is -1.93. The minimum Gasteiger partial charge on any atom is -0.480 e. The van der Waals surface area contributed by atoms with E-state index in [9.17, 15) is 9.59 Å². The van der Waals surface area contributed by atoms with Crippen molar-refractivity contribution >= 4 is 11.9 Å². The standard InChI is InChI=1S/C6H8O6/c7-4(8)6(5(9)10)1-11-3-12-2-6/h1-3H2,(H,7,8)(H,9,10). The zero-order valence-electron chi connectivity index (χ0n) is 6.15. The van der Waals surface area contributed by atoms with Crippen LogP contribution in [0.5, 0.6) is 0 Å². The predicted molar refractivity (Wildman–Crippen MR) is 34.5 cm³/mol. The number of carboxylic acids is 2. The molecule has 0 atom stereocenters. The van der Waals surface area contributed by atoms with Crippen LogP contribution in [0.1, 0.15) is 0 Å². The Bertz CT molecular complexity index is 188. The maximum absolute atomic E-state index is 10.6. The lowest BCUT2D eigenvalue weighted by atomic mass is 9.90. The minimum atomic E-state index is -1.93. The van der Waals surface area contributed by atoms with Crippen LogP contribution in [0.25, 0.3) is 0 Å². The molecule has 0 bridgehead atoms. The first kappa shape index (κ1) is 8.95. The highest BCUT2D eigenvalue weighted by atomic mass is 16.7. The first-order valence-electron chi connectivity index (χ1n) is 3.22. The van der Waals surface area contributed by atoms with Gasteiger partial charge in [-0.05, 0) is 0 Å². The molecule has 1 aliphatic heterocycles. The molecule has 2 N–H and O–H groups in total. The molecule has 1 saturated heterocycles. The highest BCUT2D eigenvalue weighted by molar-refractivity contribution is 5.98. The molecule has 6 heteroatoms. The Balaban J connectivity index is 2.84. The minimum absolute atomic E-state index is 0.0533. The first-order valence-corrected chi connectivity index (χ1v) is 3.22. The van der Waals surface area contributed by atoms with Gasteiger partial charge in [-0.2, -0.15) is 0 Å². The van der Waals surface area contributed by atoms with Gasteiger partial charge in [-0.3, -0.25) is 9.59 Å². The Morgan fingerprint density at radius 2 is 1.50 bits per heavy atom. The zero-order chi connectivity index (χ0) is 9.19. The normalized spacial score (nSPS) is 21.7. The zero-order valence-corrected chi connectivity index (χ0v) is 6.15. The van der Waals surface area contributed by atoms with Gasteiger partial charge in [0, 0.05) is 0 Å². The van der Waals surface area contributed by atoms with Gasteiger partial charge in [-0.25, -0.2) is 0 Å². The van der Waals surface area contributed by atoms with E-state index in [1.54, 1.807) is 0 Å². The molecular weight excluding hydrogens is 168 g/mol. The summed E-state index contributed by atoms with van der Waals surface area (Å²) in [4.78, 5) is 21.2. The summed E-state index contributed by atoms with van der Waals surface area (Å²) in [5, 5.41) is 17.2. The molecule has 6 nitrogen and oxygen atoms in total. The van der Waals surface area contributed by atoms with Gasteiger partial charge in [0.2, 0.25) is 5.41 Å². The van der Waals surface area contributed by atoms with Crippen molar-refractivity contribution in [3.8, 4) is 0 Å². The van der Waals surface area contributed by atoms with Gasteiger partial charge >= 0.3 is 11.9 Å². The Hall–Kier alpha value is -1.14. The summed E-state index contributed by atoms with van der Waals surface area (Å²) in [7, 11) is 0. The molecule has 12 heavy (non-hydrogen) atoms. The van der Waals surface area contributed by atoms with Crippen molar-refractivity contribution in [1.82, 2.24) is 0 Å². The number of carbonyl (C=O) groups is 2. The van der Waals surface area contributed by atoms with Crippen LogP contribution in [0.2, 0.25) is 0 Å². The molecule has 0 amide bonds. The summed E-state index contributed by atoms with van der Waals surface area (Å²) in [5.74, 6) is -2.87. The monoisotopic (exact) mass is 176 g/mol. The fourth-order valence-electron chi connectivity index (χ4n) is 0.871. The second kappa shape index (κ2) is 3.08. The summed E-state index contributed by atoms with van der Waals surface area (Å²) in [6.07, 6.45) is 0. The van der Waals surface area contributed by atoms with Crippen LogP contribution in [0.4, 0.5) is 0 Å². The van der Waals surface area contributed by atoms with Crippen molar-refractivity contribution in [3.05, 3.63) is 0 Å². The number of hydrogen-bond acceptors (Lipinski definition) is 4. The fourth-order valence-corrected chi connectivity index (χ4v) is 0.871. The quantitative estimate of drug-likeness (QED) is 0.532. The van der Waals surface area contributed by atoms with Crippen LogP contribution in [-0.2, 0) is 19.1 Å². The number of carboxylic acid groups (broad SMARTS) is 2. The lowest BCUT2D eigenvalue weighted by Gasteiger charge is -2.28. The van der Waals surface area contributed by atoms with E-state index in [4.69, 9.17) is 10.2 Å². The fraction of sp³-hybridized carbons (Fsp3) is 0.667. The third-order valence-corrected chi connectivity index (χ3v) is 1.68. The van der Waals surface area contributed by atoms with Crippen molar-refractivity contribution in [2.75, 3.05) is 20.0 Å². The van der Waals surface area contributed by atoms with Gasteiger partial charge < -0.3 is 19.7 Å². The third-order valence-electron chi connectivity index (χ3n) is 1.68. The van der Waals surface area contributed by atoms with E-state index < -0.39 is 17.4 Å². The number of hydrogen-bond donors (Lipinski definition) is 2. The molecule has 68 valence electrons. The molecule has 0 saturated carbocycles. The van der Waals surface area contributed by atoms with Crippen LogP contribution in [0, 0.1) is 5.41 Å². The lowest BCUT2D eigenvalue weighted by Crippen LogP contribution is -2.50. The van der Waals surface area contributed by atoms with Crippen molar-refractivity contribution < 1.29 is 29.3 Å². The van der Waals surface area contributed by atoms with Crippen molar-refractivity contribution in [2.24, 2.45) is 5.41 Å². The Morgan fingerprint density at radius 1 is 1.08 bits per heavy atom. The molecule has 0 unspecified atom stereocenters. The van der Waals surface area contributed by atoms with Crippen LogP contribution < -0.4 is 0 Å². The number of rotatable bonds is 2. The second-order valence-corrected chi connectivity index (χ2v) is 2.51. The molecule has 0 aromatic rings. The van der Waals surface area contributed by atoms with Gasteiger partial charge in [-0.15, -0.1) is 0 Å². The summed E-state index contributed by atoms with van der Waals surface area (Å²) in [6.45, 7) is -0.752. The van der Waals surface area contributed by atoms with Crippen molar-refractivity contribution in [1.29, 1.82) is 0 Å². The van der Waals surface area contributed by atoms with Gasteiger partial charge in [0.15, 0.2) is 0 Å². The number of aliphatic carboxylic acids is 2. The van der Waals surface area contributed by atoms with Crippen LogP contribution in [-0.4, -0.2) is 42.2 Å². The Labute approximate surface area is 67.7 Å². The SMILES string of the molecule is O=C(O)C1(C(=O)O)COCOC1. The molecule has 0 aromatic carbocycles. The topological polar surface area (TPSA) is 93.1 Å². The largest absolute Gasteiger partial charge is 0.480 e. The van der Waals surface area contributed by atoms with E-state index in [1.165, 1.54) is 0 Å². The first-order chi connectivity index (χ1) is 5.59. The van der Waals surface area contributed by atoms with Gasteiger partial charge in [0.25, 0.3) is 0 Å². The summed E-state index contributed by atoms with van der Waals surface area (Å²) < 4.78 is 9.25. The third kappa shape index (κ3) is 1.26. The van der Waals surface area contributed by atoms with Gasteiger partial charge in [0.1, 0.15) is 6.79 Å². The van der Waals surface area contributed by atoms with E-state index >= 15 is 0 Å². The Morgan fingerprint density at radius 3 is 1.75 bits per heavy atom. The Kier molecular flexibility index (Phi) is 2.30. The average Bonchev–Trinajstić information content (AvgIpc) is 2.05. The lowest BCUT2D eigenvalue weighted by molar-refractivity contribution is -0.201. The molecule has 1 aliphatic rings. The molecule has 1 rings (SSSR count). The molecular formula is C6H8O6. The summed E-state index contributed by atoms with van der Waals surface area (Å²) >= 11 is 0. The summed E-state index contributed by atoms with van der Waals surface area (Å²) in [6, 6.07) is 0. The molecule has 1 fully saturated rings. The second-order valence-electron chi connectivity index (χ2n) is 2.51. The van der Waals surface area contributed by atoms with Gasteiger partial charge in [0.05, 0.1) is 13.2 Å². The van der Waals surface area contributed by atoms with E-state index in [0.717, 1.165) is 0 Å². The predicted octanol–water partition coefficient (Wildman–Crippen LogP) is -0.854. The highest BCUT2D eigenvalue weighted by Gasteiger charge is 2.49. The van der Waals surface area contributed by atoms with E-state index in [1.807, 2.05) is 0 Å². The molecule has 0 aliphatic carbocycles. The van der Waals surface area contributed by atoms with Crippen molar-refractivity contribution in [2.45, 2.75) is 0 Å². The maximum atomic E-state index is 10.6. The van der Waals surface area contributed by atoms with Crippen LogP contribution in [0.15, 0.2) is 0 Å². The van der Waals surface area contributed by atoms with E-state index in [0.29, 0.717) is 0 Å². The average molecular weight is 176 g/mol. The molecule has 0 aromatic heterocycles. The van der Waals surface area contributed by atoms with Crippen molar-refractivity contribution in [3.63, 3.8) is 0 Å². The van der Waals surface area contributed by atoms with E-state index in [2.05, 4.69) is 9.47 Å². The molecule has 0 radical (unpaired) electrons. The molecule has 0 spiro atoms. The number of ether oxygens (including phenoxy) is 2. The van der Waals surface area contributed by atoms with Crippen LogP contribution in [0.3, 0.4) is 0 Å². The molecule has 1 heterocycles. The van der Waals surface area contributed by atoms with Gasteiger partial charge in [-0.1, -0.05) is 0 Å². The van der Waals surface area contributed by atoms with Crippen LogP contribution >= 0.6 is 0 Å². The smallest absolute Gasteiger partial charge is 0.325 e. The maximum Gasteiger partial charge on any atom is 0.325 e.